The van der Waals surface area contributed by atoms with E-state index in [-0.39, 0.29) is 28.9 Å². The van der Waals surface area contributed by atoms with Crippen LogP contribution in [0.1, 0.15) is 22.6 Å². The van der Waals surface area contributed by atoms with E-state index >= 15 is 0 Å². The molecule has 0 unspecified atom stereocenters. The highest BCUT2D eigenvalue weighted by atomic mass is 16.3. The predicted octanol–water partition coefficient (Wildman–Crippen LogP) is 7.15. The second-order valence-electron chi connectivity index (χ2n) is 8.82. The lowest BCUT2D eigenvalue weighted by Gasteiger charge is -2.24. The van der Waals surface area contributed by atoms with E-state index in [1.54, 1.807) is 12.1 Å². The zero-order chi connectivity index (χ0) is 24.1. The Kier molecular flexibility index (Phi) is 4.75. The van der Waals surface area contributed by atoms with Crippen molar-refractivity contribution in [2.45, 2.75) is 5.92 Å². The topological polar surface area (TPSA) is 80.9 Å². The van der Waals surface area contributed by atoms with Gasteiger partial charge in [0.2, 0.25) is 0 Å². The van der Waals surface area contributed by atoms with Crippen LogP contribution in [0.5, 0.6) is 23.0 Å². The molecule has 6 aromatic rings. The van der Waals surface area contributed by atoms with Crippen molar-refractivity contribution in [1.29, 1.82) is 0 Å². The summed E-state index contributed by atoms with van der Waals surface area (Å²) < 4.78 is 0. The smallest absolute Gasteiger partial charge is 0.127 e. The number of benzene rings is 6. The fourth-order valence-corrected chi connectivity index (χ4v) is 5.32. The maximum atomic E-state index is 11.0. The Morgan fingerprint density at radius 1 is 0.429 bits per heavy atom. The van der Waals surface area contributed by atoms with E-state index in [0.29, 0.717) is 21.5 Å². The van der Waals surface area contributed by atoms with Crippen molar-refractivity contribution < 1.29 is 20.4 Å². The standard InChI is InChI=1S/C31H22O4/c32-21-14-19-8-4-12-25(29(19)27(34)16-21)31(24-11-3-7-18-6-1-2-10-23(18)24)26-13-5-9-20-15-22(33)17-28(35)30(20)26/h1-17,31-35H. The molecule has 0 aliphatic heterocycles. The normalized spacial score (nSPS) is 11.6. The molecule has 0 heterocycles. The van der Waals surface area contributed by atoms with E-state index in [1.165, 1.54) is 12.1 Å². The van der Waals surface area contributed by atoms with Crippen LogP contribution in [0, 0.1) is 0 Å². The molecule has 0 saturated carbocycles. The van der Waals surface area contributed by atoms with Crippen LogP contribution in [0.4, 0.5) is 0 Å². The van der Waals surface area contributed by atoms with Crippen LogP contribution in [-0.4, -0.2) is 20.4 Å². The summed E-state index contributed by atoms with van der Waals surface area (Å²) in [7, 11) is 0. The summed E-state index contributed by atoms with van der Waals surface area (Å²) >= 11 is 0. The summed E-state index contributed by atoms with van der Waals surface area (Å²) in [5.41, 5.74) is 2.70. The molecule has 6 rings (SSSR count). The molecule has 0 aromatic heterocycles. The molecule has 4 nitrogen and oxygen atoms in total. The van der Waals surface area contributed by atoms with Crippen molar-refractivity contribution in [3.63, 3.8) is 0 Å². The summed E-state index contributed by atoms with van der Waals surface area (Å²) in [6, 6.07) is 31.7. The summed E-state index contributed by atoms with van der Waals surface area (Å²) in [6.07, 6.45) is 0. The van der Waals surface area contributed by atoms with Gasteiger partial charge < -0.3 is 20.4 Å². The van der Waals surface area contributed by atoms with Gasteiger partial charge in [-0.05, 0) is 50.4 Å². The van der Waals surface area contributed by atoms with Gasteiger partial charge in [-0.3, -0.25) is 0 Å². The highest BCUT2D eigenvalue weighted by molar-refractivity contribution is 5.98. The third kappa shape index (κ3) is 3.39. The zero-order valence-corrected chi connectivity index (χ0v) is 18.7. The van der Waals surface area contributed by atoms with Crippen LogP contribution in [0.15, 0.2) is 103 Å². The number of phenols is 4. The molecule has 0 aliphatic carbocycles. The lowest BCUT2D eigenvalue weighted by Crippen LogP contribution is -2.06. The van der Waals surface area contributed by atoms with Crippen molar-refractivity contribution in [1.82, 2.24) is 0 Å². The van der Waals surface area contributed by atoms with Gasteiger partial charge in [-0.25, -0.2) is 0 Å². The van der Waals surface area contributed by atoms with E-state index < -0.39 is 0 Å². The van der Waals surface area contributed by atoms with Crippen LogP contribution in [-0.2, 0) is 0 Å². The first-order chi connectivity index (χ1) is 17.0. The Morgan fingerprint density at radius 2 is 0.886 bits per heavy atom. The van der Waals surface area contributed by atoms with Gasteiger partial charge in [-0.2, -0.15) is 0 Å². The summed E-state index contributed by atoms with van der Waals surface area (Å²) in [4.78, 5) is 0. The van der Waals surface area contributed by atoms with Crippen LogP contribution >= 0.6 is 0 Å². The van der Waals surface area contributed by atoms with Crippen molar-refractivity contribution in [2.24, 2.45) is 0 Å². The number of phenolic OH excluding ortho intramolecular Hbond substituents is 4. The first-order valence-corrected chi connectivity index (χ1v) is 11.4. The van der Waals surface area contributed by atoms with Gasteiger partial charge in [0.1, 0.15) is 23.0 Å². The van der Waals surface area contributed by atoms with Gasteiger partial charge in [0, 0.05) is 28.8 Å². The number of hydrogen-bond donors (Lipinski definition) is 4. The highest BCUT2D eigenvalue weighted by Gasteiger charge is 2.25. The van der Waals surface area contributed by atoms with E-state index in [4.69, 9.17) is 0 Å². The van der Waals surface area contributed by atoms with E-state index in [1.807, 2.05) is 54.6 Å². The monoisotopic (exact) mass is 458 g/mol. The molecule has 6 aromatic carbocycles. The Balaban J connectivity index is 1.78. The SMILES string of the molecule is Oc1cc(O)c2c(C(c3cccc4ccccc34)c3cccc4cc(O)cc(O)c34)cccc2c1. The van der Waals surface area contributed by atoms with Crippen molar-refractivity contribution in [3.8, 4) is 23.0 Å². The van der Waals surface area contributed by atoms with Crippen LogP contribution in [0.3, 0.4) is 0 Å². The largest absolute Gasteiger partial charge is 0.508 e. The quantitative estimate of drug-likeness (QED) is 0.212. The van der Waals surface area contributed by atoms with Gasteiger partial charge in [0.15, 0.2) is 0 Å². The summed E-state index contributed by atoms with van der Waals surface area (Å²) in [5, 5.41) is 47.0. The lowest BCUT2D eigenvalue weighted by atomic mass is 9.79. The second-order valence-corrected chi connectivity index (χ2v) is 8.82. The average Bonchev–Trinajstić information content (AvgIpc) is 2.84. The number of rotatable bonds is 3. The zero-order valence-electron chi connectivity index (χ0n) is 18.7. The molecule has 0 bridgehead atoms. The molecule has 4 N–H and O–H groups in total. The van der Waals surface area contributed by atoms with Crippen LogP contribution in [0.25, 0.3) is 32.3 Å². The first-order valence-electron chi connectivity index (χ1n) is 11.4. The molecule has 0 amide bonds. The predicted molar refractivity (Wildman–Crippen MR) is 139 cm³/mol. The minimum atomic E-state index is -0.362. The third-order valence-corrected chi connectivity index (χ3v) is 6.70. The Bertz CT molecular complexity index is 1660. The molecular weight excluding hydrogens is 436 g/mol. The van der Waals surface area contributed by atoms with Crippen molar-refractivity contribution in [3.05, 3.63) is 120 Å². The maximum Gasteiger partial charge on any atom is 0.127 e. The fraction of sp³-hybridized carbons (Fsp3) is 0.0323. The number of hydrogen-bond acceptors (Lipinski definition) is 4. The number of fused-ring (bicyclic) bond motifs is 3. The third-order valence-electron chi connectivity index (χ3n) is 6.70. The lowest BCUT2D eigenvalue weighted by molar-refractivity contribution is 0.454. The van der Waals surface area contributed by atoms with Crippen LogP contribution in [0.2, 0.25) is 0 Å². The Morgan fingerprint density at radius 3 is 1.46 bits per heavy atom. The molecule has 35 heavy (non-hydrogen) atoms. The molecule has 4 heteroatoms. The van der Waals surface area contributed by atoms with Crippen molar-refractivity contribution in [2.75, 3.05) is 0 Å². The van der Waals surface area contributed by atoms with E-state index in [2.05, 4.69) is 24.3 Å². The minimum Gasteiger partial charge on any atom is -0.508 e. The van der Waals surface area contributed by atoms with Gasteiger partial charge in [-0.1, -0.05) is 78.9 Å². The van der Waals surface area contributed by atoms with Gasteiger partial charge in [0.25, 0.3) is 0 Å². The molecule has 170 valence electrons. The van der Waals surface area contributed by atoms with Gasteiger partial charge in [-0.15, -0.1) is 0 Å². The Labute approximate surface area is 201 Å². The number of aromatic hydroxyl groups is 4. The first kappa shape index (κ1) is 20.9. The molecule has 0 radical (unpaired) electrons. The van der Waals surface area contributed by atoms with Crippen molar-refractivity contribution >= 4 is 32.3 Å². The van der Waals surface area contributed by atoms with E-state index in [0.717, 1.165) is 27.5 Å². The fourth-order valence-electron chi connectivity index (χ4n) is 5.32. The molecular formula is C31H22O4. The van der Waals surface area contributed by atoms with E-state index in [9.17, 15) is 20.4 Å². The average molecular weight is 459 g/mol. The summed E-state index contributed by atoms with van der Waals surface area (Å²) in [5.74, 6) is -0.399. The van der Waals surface area contributed by atoms with Gasteiger partial charge in [0.05, 0.1) is 0 Å². The maximum absolute atomic E-state index is 11.0. The highest BCUT2D eigenvalue weighted by Crippen LogP contribution is 2.46. The second kappa shape index (κ2) is 7.96. The van der Waals surface area contributed by atoms with Crippen LogP contribution < -0.4 is 0 Å². The molecule has 0 atom stereocenters. The molecule has 0 aliphatic rings. The van der Waals surface area contributed by atoms with Gasteiger partial charge >= 0.3 is 0 Å². The Hall–Kier alpha value is -4.70. The molecule has 0 saturated heterocycles. The molecule has 0 fully saturated rings. The summed E-state index contributed by atoms with van der Waals surface area (Å²) in [6.45, 7) is 0. The molecule has 0 spiro atoms. The minimum absolute atomic E-state index is 0.00728.